The van der Waals surface area contributed by atoms with Crippen molar-refractivity contribution in [3.05, 3.63) is 72.8 Å². The molecule has 0 aliphatic carbocycles. The maximum absolute atomic E-state index is 5.85. The lowest BCUT2D eigenvalue weighted by Crippen LogP contribution is -3.00. The Balaban J connectivity index is 0.00000156. The number of anilines is 1. The zero-order chi connectivity index (χ0) is 15.1. The van der Waals surface area contributed by atoms with Crippen molar-refractivity contribution in [3.8, 4) is 11.1 Å². The van der Waals surface area contributed by atoms with Crippen LogP contribution < -0.4 is 22.7 Å². The number of benzene rings is 3. The van der Waals surface area contributed by atoms with Crippen LogP contribution in [0.15, 0.2) is 72.8 Å². The van der Waals surface area contributed by atoms with Gasteiger partial charge in [-0.1, -0.05) is 36.4 Å². The summed E-state index contributed by atoms with van der Waals surface area (Å²) in [5.74, 6) is 0. The Morgan fingerprint density at radius 3 is 1.70 bits per heavy atom. The van der Waals surface area contributed by atoms with Crippen LogP contribution in [-0.2, 0) is 7.05 Å². The van der Waals surface area contributed by atoms with Gasteiger partial charge in [-0.2, -0.15) is 4.57 Å². The van der Waals surface area contributed by atoms with Crippen LogP contribution in [0.3, 0.4) is 0 Å². The molecule has 0 unspecified atom stereocenters. The number of para-hydroxylation sites is 2. The Hall–Kier alpha value is -2.58. The number of pyridine rings is 1. The van der Waals surface area contributed by atoms with Crippen LogP contribution in [0.4, 0.5) is 5.69 Å². The molecule has 0 atom stereocenters. The second-order valence-electron chi connectivity index (χ2n) is 5.59. The third-order valence-electron chi connectivity index (χ3n) is 4.27. The average molecular weight is 321 g/mol. The molecular formula is C20H17ClN2. The number of aryl methyl sites for hydroxylation is 1. The second-order valence-corrected chi connectivity index (χ2v) is 5.59. The average Bonchev–Trinajstić information content (AvgIpc) is 2.57. The summed E-state index contributed by atoms with van der Waals surface area (Å²) in [5, 5.41) is 2.52. The van der Waals surface area contributed by atoms with E-state index < -0.39 is 0 Å². The molecule has 3 heteroatoms. The summed E-state index contributed by atoms with van der Waals surface area (Å²) in [5.41, 5.74) is 11.6. The van der Waals surface area contributed by atoms with Gasteiger partial charge in [0.05, 0.1) is 10.8 Å². The number of nitrogens with two attached hydrogens (primary N) is 1. The fourth-order valence-electron chi connectivity index (χ4n) is 3.19. The van der Waals surface area contributed by atoms with Crippen molar-refractivity contribution in [1.29, 1.82) is 0 Å². The van der Waals surface area contributed by atoms with Gasteiger partial charge in [0.2, 0.25) is 11.0 Å². The number of nitrogen functional groups attached to an aromatic ring is 1. The Bertz CT molecular complexity index is 934. The molecule has 4 rings (SSSR count). The van der Waals surface area contributed by atoms with Crippen molar-refractivity contribution in [2.75, 3.05) is 5.73 Å². The van der Waals surface area contributed by atoms with Crippen LogP contribution in [0.2, 0.25) is 0 Å². The van der Waals surface area contributed by atoms with Crippen LogP contribution in [0.1, 0.15) is 0 Å². The smallest absolute Gasteiger partial charge is 0.213 e. The molecule has 1 heterocycles. The normalized spacial score (nSPS) is 10.7. The van der Waals surface area contributed by atoms with Crippen molar-refractivity contribution in [1.82, 2.24) is 0 Å². The first-order valence-corrected chi connectivity index (χ1v) is 7.41. The Morgan fingerprint density at radius 1 is 0.696 bits per heavy atom. The number of hydrogen-bond donors (Lipinski definition) is 1. The van der Waals surface area contributed by atoms with E-state index in [1.807, 2.05) is 12.1 Å². The van der Waals surface area contributed by atoms with Gasteiger partial charge < -0.3 is 18.1 Å². The van der Waals surface area contributed by atoms with E-state index in [-0.39, 0.29) is 12.4 Å². The molecule has 0 aliphatic rings. The maximum Gasteiger partial charge on any atom is 0.213 e. The molecule has 2 N–H and O–H groups in total. The lowest BCUT2D eigenvalue weighted by Gasteiger charge is -2.10. The number of fused-ring (bicyclic) bond motifs is 2. The third-order valence-corrected chi connectivity index (χ3v) is 4.27. The number of aromatic nitrogens is 1. The van der Waals surface area contributed by atoms with Crippen LogP contribution in [0.5, 0.6) is 0 Å². The standard InChI is InChI=1S/C20H16N2.ClH/c1-22-18-8-4-2-6-16(18)20(14-10-12-15(21)13-11-14)17-7-3-5-9-19(17)22;/h2-13,21H,1H3;1H. The quantitative estimate of drug-likeness (QED) is 0.317. The first kappa shape index (κ1) is 15.3. The van der Waals surface area contributed by atoms with Crippen molar-refractivity contribution in [3.63, 3.8) is 0 Å². The van der Waals surface area contributed by atoms with E-state index in [1.165, 1.54) is 32.9 Å². The van der Waals surface area contributed by atoms with Gasteiger partial charge in [0, 0.05) is 23.4 Å². The van der Waals surface area contributed by atoms with Gasteiger partial charge in [0.15, 0.2) is 0 Å². The first-order valence-electron chi connectivity index (χ1n) is 7.41. The number of nitrogens with zero attached hydrogens (tertiary/aromatic N) is 1. The molecule has 4 aromatic rings. The maximum atomic E-state index is 5.85. The topological polar surface area (TPSA) is 29.9 Å². The van der Waals surface area contributed by atoms with E-state index in [1.54, 1.807) is 0 Å². The molecule has 2 nitrogen and oxygen atoms in total. The lowest BCUT2D eigenvalue weighted by atomic mass is 9.95. The molecule has 1 aromatic heterocycles. The number of halogens is 1. The van der Waals surface area contributed by atoms with Crippen LogP contribution in [0.25, 0.3) is 32.9 Å². The van der Waals surface area contributed by atoms with E-state index in [9.17, 15) is 0 Å². The summed E-state index contributed by atoms with van der Waals surface area (Å²) in [4.78, 5) is 0. The van der Waals surface area contributed by atoms with Gasteiger partial charge in [-0.25, -0.2) is 0 Å². The zero-order valence-corrected chi connectivity index (χ0v) is 13.6. The highest BCUT2D eigenvalue weighted by Gasteiger charge is 2.17. The van der Waals surface area contributed by atoms with Gasteiger partial charge in [-0.3, -0.25) is 0 Å². The summed E-state index contributed by atoms with van der Waals surface area (Å²) in [6.07, 6.45) is 0. The van der Waals surface area contributed by atoms with Gasteiger partial charge in [-0.15, -0.1) is 0 Å². The van der Waals surface area contributed by atoms with E-state index in [2.05, 4.69) is 72.3 Å². The second kappa shape index (κ2) is 5.90. The third kappa shape index (κ3) is 2.41. The minimum atomic E-state index is 0. The Morgan fingerprint density at radius 2 is 1.17 bits per heavy atom. The predicted molar refractivity (Wildman–Crippen MR) is 92.5 cm³/mol. The van der Waals surface area contributed by atoms with Gasteiger partial charge in [-0.05, 0) is 29.8 Å². The SMILES string of the molecule is C[n+]1c2ccccc2c(-c2ccc(N)cc2)c2ccccc21.[Cl-]. The van der Waals surface area contributed by atoms with Gasteiger partial charge in [0.25, 0.3) is 0 Å². The molecule has 23 heavy (non-hydrogen) atoms. The Labute approximate surface area is 141 Å². The Kier molecular flexibility index (Phi) is 3.93. The van der Waals surface area contributed by atoms with Crippen molar-refractivity contribution in [2.45, 2.75) is 0 Å². The highest BCUT2D eigenvalue weighted by Crippen LogP contribution is 2.33. The van der Waals surface area contributed by atoms with Crippen molar-refractivity contribution < 1.29 is 17.0 Å². The summed E-state index contributed by atoms with van der Waals surface area (Å²) in [6, 6.07) is 25.2. The molecule has 114 valence electrons. The molecule has 0 aliphatic heterocycles. The molecule has 0 saturated carbocycles. The highest BCUT2D eigenvalue weighted by atomic mass is 35.5. The number of hydrogen-bond acceptors (Lipinski definition) is 1. The lowest BCUT2D eigenvalue weighted by molar-refractivity contribution is -0.617. The minimum absolute atomic E-state index is 0. The van der Waals surface area contributed by atoms with Gasteiger partial charge in [0.1, 0.15) is 7.05 Å². The minimum Gasteiger partial charge on any atom is -1.00 e. The predicted octanol–water partition coefficient (Wildman–Crippen LogP) is 1.07. The largest absolute Gasteiger partial charge is 1.00 e. The van der Waals surface area contributed by atoms with E-state index >= 15 is 0 Å². The monoisotopic (exact) mass is 320 g/mol. The molecule has 0 saturated heterocycles. The number of rotatable bonds is 1. The van der Waals surface area contributed by atoms with E-state index in [0.29, 0.717) is 0 Å². The van der Waals surface area contributed by atoms with Crippen molar-refractivity contribution >= 4 is 27.5 Å². The molecule has 3 aromatic carbocycles. The van der Waals surface area contributed by atoms with Crippen LogP contribution in [-0.4, -0.2) is 0 Å². The summed E-state index contributed by atoms with van der Waals surface area (Å²) >= 11 is 0. The molecule has 0 spiro atoms. The molecular weight excluding hydrogens is 304 g/mol. The fourth-order valence-corrected chi connectivity index (χ4v) is 3.19. The summed E-state index contributed by atoms with van der Waals surface area (Å²) in [7, 11) is 2.12. The first-order chi connectivity index (χ1) is 10.8. The molecule has 0 radical (unpaired) electrons. The van der Waals surface area contributed by atoms with E-state index in [0.717, 1.165) is 5.69 Å². The molecule has 0 fully saturated rings. The molecule has 0 amide bonds. The summed E-state index contributed by atoms with van der Waals surface area (Å²) in [6.45, 7) is 0. The van der Waals surface area contributed by atoms with Crippen LogP contribution in [0, 0.1) is 0 Å². The van der Waals surface area contributed by atoms with Crippen LogP contribution >= 0.6 is 0 Å². The van der Waals surface area contributed by atoms with E-state index in [4.69, 9.17) is 5.73 Å². The zero-order valence-electron chi connectivity index (χ0n) is 12.8. The fraction of sp³-hybridized carbons (Fsp3) is 0.0500. The highest BCUT2D eigenvalue weighted by molar-refractivity contribution is 6.07. The molecule has 0 bridgehead atoms. The van der Waals surface area contributed by atoms with Gasteiger partial charge >= 0.3 is 0 Å². The van der Waals surface area contributed by atoms with Crippen molar-refractivity contribution in [2.24, 2.45) is 7.05 Å². The summed E-state index contributed by atoms with van der Waals surface area (Å²) < 4.78 is 2.26.